The van der Waals surface area contributed by atoms with E-state index in [9.17, 15) is 0 Å². The van der Waals surface area contributed by atoms with Crippen molar-refractivity contribution in [2.24, 2.45) is 10.8 Å². The fraction of sp³-hybridized carbons (Fsp3) is 0.900. The van der Waals surface area contributed by atoms with E-state index in [1.165, 1.54) is 12.8 Å². The molecule has 3 N–H and O–H groups in total. The summed E-state index contributed by atoms with van der Waals surface area (Å²) in [6, 6.07) is 0.525. The van der Waals surface area contributed by atoms with Crippen molar-refractivity contribution in [3.63, 3.8) is 0 Å². The summed E-state index contributed by atoms with van der Waals surface area (Å²) in [6.45, 7) is 6.41. The van der Waals surface area contributed by atoms with Gasteiger partial charge in [-0.2, -0.15) is 0 Å². The molecule has 0 aromatic heterocycles. The van der Waals surface area contributed by atoms with Gasteiger partial charge >= 0.3 is 0 Å². The fourth-order valence-electron chi connectivity index (χ4n) is 1.45. The Morgan fingerprint density at radius 2 is 1.93 bits per heavy atom. The summed E-state index contributed by atoms with van der Waals surface area (Å²) in [5, 5.41) is 0. The lowest BCUT2D eigenvalue weighted by molar-refractivity contribution is 0.400. The van der Waals surface area contributed by atoms with Crippen molar-refractivity contribution in [3.05, 3.63) is 0 Å². The highest BCUT2D eigenvalue weighted by atomic mass is 15.4. The third-order valence-electron chi connectivity index (χ3n) is 2.27. The van der Waals surface area contributed by atoms with Gasteiger partial charge in [0.15, 0.2) is 0 Å². The van der Waals surface area contributed by atoms with E-state index < -0.39 is 0 Å². The van der Waals surface area contributed by atoms with Crippen LogP contribution in [0.15, 0.2) is 4.99 Å². The average molecular weight is 198 g/mol. The first kappa shape index (κ1) is 11.3. The summed E-state index contributed by atoms with van der Waals surface area (Å²) >= 11 is 0. The Morgan fingerprint density at radius 3 is 2.29 bits per heavy atom. The number of nitrogens with two attached hydrogens (primary N) is 1. The highest BCUT2D eigenvalue weighted by molar-refractivity contribution is 5.79. The van der Waals surface area contributed by atoms with E-state index in [1.807, 2.05) is 0 Å². The average Bonchev–Trinajstić information content (AvgIpc) is 2.98. The topological polar surface area (TPSA) is 53.6 Å². The molecule has 0 unspecified atom stereocenters. The molecule has 82 valence electrons. The van der Waals surface area contributed by atoms with E-state index in [1.54, 1.807) is 0 Å². The van der Waals surface area contributed by atoms with Crippen LogP contribution in [0.1, 0.15) is 39.5 Å². The molecule has 0 radical (unpaired) electrons. The Labute approximate surface area is 86.5 Å². The number of nitrogens with zero attached hydrogens (tertiary/aromatic N) is 2. The van der Waals surface area contributed by atoms with E-state index in [-0.39, 0.29) is 0 Å². The van der Waals surface area contributed by atoms with Crippen molar-refractivity contribution in [1.82, 2.24) is 10.3 Å². The van der Waals surface area contributed by atoms with Crippen molar-refractivity contribution >= 4 is 5.96 Å². The van der Waals surface area contributed by atoms with Gasteiger partial charge in [-0.1, -0.05) is 13.8 Å². The molecule has 4 nitrogen and oxygen atoms in total. The van der Waals surface area contributed by atoms with Crippen LogP contribution in [0.4, 0.5) is 0 Å². The van der Waals surface area contributed by atoms with Crippen molar-refractivity contribution in [1.29, 1.82) is 0 Å². The molecule has 0 aliphatic heterocycles. The smallest absolute Gasteiger partial charge is 0.208 e. The number of aliphatic imine (C=N–C) groups is 1. The van der Waals surface area contributed by atoms with Crippen molar-refractivity contribution in [2.45, 2.75) is 45.6 Å². The van der Waals surface area contributed by atoms with Crippen LogP contribution < -0.4 is 11.3 Å². The zero-order chi connectivity index (χ0) is 10.4. The lowest BCUT2D eigenvalue weighted by atomic mass is 10.4. The zero-order valence-corrected chi connectivity index (χ0v) is 9.29. The normalized spacial score (nSPS) is 16.9. The number of hydrogen-bond donors (Lipinski definition) is 2. The molecule has 1 fully saturated rings. The fourth-order valence-corrected chi connectivity index (χ4v) is 1.45. The van der Waals surface area contributed by atoms with Gasteiger partial charge in [-0.05, 0) is 25.7 Å². The third-order valence-corrected chi connectivity index (χ3v) is 2.27. The molecule has 1 aliphatic rings. The standard InChI is InChI=1S/C10H22N4/c1-3-7-14(8-4-2)10(13-11)12-9-5-6-9/h9H,3-8,11H2,1-2H3,(H,12,13). The number of hydrazine groups is 1. The van der Waals surface area contributed by atoms with E-state index >= 15 is 0 Å². The number of nitrogens with one attached hydrogen (secondary N) is 1. The van der Waals surface area contributed by atoms with Crippen LogP contribution in [0, 0.1) is 0 Å². The van der Waals surface area contributed by atoms with E-state index in [0.717, 1.165) is 31.9 Å². The summed E-state index contributed by atoms with van der Waals surface area (Å²) in [7, 11) is 0. The highest BCUT2D eigenvalue weighted by Crippen LogP contribution is 2.23. The van der Waals surface area contributed by atoms with Crippen LogP contribution in [0.25, 0.3) is 0 Å². The van der Waals surface area contributed by atoms with Gasteiger partial charge in [0.2, 0.25) is 5.96 Å². The van der Waals surface area contributed by atoms with Crippen LogP contribution in [0.2, 0.25) is 0 Å². The maximum absolute atomic E-state index is 5.49. The molecule has 0 aromatic carbocycles. The Morgan fingerprint density at radius 1 is 1.36 bits per heavy atom. The largest absolute Gasteiger partial charge is 0.342 e. The Bertz CT molecular complexity index is 181. The van der Waals surface area contributed by atoms with Crippen LogP contribution in [-0.4, -0.2) is 30.0 Å². The van der Waals surface area contributed by atoms with E-state index in [0.29, 0.717) is 6.04 Å². The van der Waals surface area contributed by atoms with Gasteiger partial charge in [0.1, 0.15) is 0 Å². The molecule has 1 rings (SSSR count). The molecule has 0 spiro atoms. The quantitative estimate of drug-likeness (QED) is 0.301. The molecule has 0 saturated heterocycles. The maximum atomic E-state index is 5.49. The summed E-state index contributed by atoms with van der Waals surface area (Å²) in [6.07, 6.45) is 4.70. The summed E-state index contributed by atoms with van der Waals surface area (Å²) in [4.78, 5) is 6.78. The van der Waals surface area contributed by atoms with Gasteiger partial charge in [-0.15, -0.1) is 0 Å². The van der Waals surface area contributed by atoms with Crippen LogP contribution >= 0.6 is 0 Å². The number of hydrogen-bond acceptors (Lipinski definition) is 2. The molecular formula is C10H22N4. The van der Waals surface area contributed by atoms with Gasteiger partial charge < -0.3 is 4.90 Å². The molecule has 4 heteroatoms. The second-order valence-electron chi connectivity index (χ2n) is 3.82. The molecule has 0 atom stereocenters. The first-order valence-electron chi connectivity index (χ1n) is 5.61. The lowest BCUT2D eigenvalue weighted by Crippen LogP contribution is -2.45. The monoisotopic (exact) mass is 198 g/mol. The molecule has 1 aliphatic carbocycles. The number of rotatable bonds is 5. The minimum absolute atomic E-state index is 0.525. The summed E-state index contributed by atoms with van der Waals surface area (Å²) in [5.41, 5.74) is 2.72. The van der Waals surface area contributed by atoms with Crippen LogP contribution in [0.3, 0.4) is 0 Å². The maximum Gasteiger partial charge on any atom is 0.208 e. The van der Waals surface area contributed by atoms with Crippen LogP contribution in [-0.2, 0) is 0 Å². The second-order valence-corrected chi connectivity index (χ2v) is 3.82. The minimum atomic E-state index is 0.525. The minimum Gasteiger partial charge on any atom is -0.342 e. The van der Waals surface area contributed by atoms with Crippen LogP contribution in [0.5, 0.6) is 0 Å². The lowest BCUT2D eigenvalue weighted by Gasteiger charge is -2.24. The first-order valence-corrected chi connectivity index (χ1v) is 5.61. The number of guanidine groups is 1. The Hall–Kier alpha value is -0.770. The van der Waals surface area contributed by atoms with Gasteiger partial charge in [0.25, 0.3) is 0 Å². The van der Waals surface area contributed by atoms with Crippen molar-refractivity contribution in [2.75, 3.05) is 13.1 Å². The molecule has 0 bridgehead atoms. The summed E-state index contributed by atoms with van der Waals surface area (Å²) in [5.74, 6) is 6.36. The Kier molecular flexibility index (Phi) is 4.73. The summed E-state index contributed by atoms with van der Waals surface area (Å²) < 4.78 is 0. The first-order chi connectivity index (χ1) is 6.81. The van der Waals surface area contributed by atoms with Gasteiger partial charge in [0, 0.05) is 13.1 Å². The molecular weight excluding hydrogens is 176 g/mol. The molecule has 0 heterocycles. The van der Waals surface area contributed by atoms with E-state index in [4.69, 9.17) is 5.84 Å². The molecule has 0 aromatic rings. The Balaban J connectivity index is 2.51. The van der Waals surface area contributed by atoms with Crippen molar-refractivity contribution in [3.8, 4) is 0 Å². The van der Waals surface area contributed by atoms with Gasteiger partial charge in [-0.3, -0.25) is 5.43 Å². The van der Waals surface area contributed by atoms with Crippen molar-refractivity contribution < 1.29 is 0 Å². The van der Waals surface area contributed by atoms with Gasteiger partial charge in [-0.25, -0.2) is 10.8 Å². The second kappa shape index (κ2) is 5.86. The highest BCUT2D eigenvalue weighted by Gasteiger charge is 2.22. The molecule has 1 saturated carbocycles. The zero-order valence-electron chi connectivity index (χ0n) is 9.29. The molecule has 14 heavy (non-hydrogen) atoms. The predicted octanol–water partition coefficient (Wildman–Crippen LogP) is 1.09. The van der Waals surface area contributed by atoms with E-state index in [2.05, 4.69) is 29.2 Å². The van der Waals surface area contributed by atoms with Gasteiger partial charge in [0.05, 0.1) is 6.04 Å². The third kappa shape index (κ3) is 3.54. The SMILES string of the molecule is CCCN(CCC)C(=NC1CC1)NN. The molecule has 0 amide bonds. The predicted molar refractivity (Wildman–Crippen MR) is 59.9 cm³/mol.